The lowest BCUT2D eigenvalue weighted by molar-refractivity contribution is 0.375. The first kappa shape index (κ1) is 11.7. The summed E-state index contributed by atoms with van der Waals surface area (Å²) in [5, 5.41) is 3.90. The van der Waals surface area contributed by atoms with E-state index in [2.05, 4.69) is 20.1 Å². The Morgan fingerprint density at radius 1 is 1.29 bits per heavy atom. The normalized spacial score (nSPS) is 10.7. The third kappa shape index (κ3) is 3.07. The van der Waals surface area contributed by atoms with Crippen molar-refractivity contribution in [1.29, 1.82) is 0 Å². The molecule has 2 N–H and O–H groups in total. The monoisotopic (exact) mass is 233 g/mol. The predicted octanol–water partition coefficient (Wildman–Crippen LogP) is 1.12. The third-order valence-corrected chi connectivity index (χ3v) is 2.32. The van der Waals surface area contributed by atoms with Crippen molar-refractivity contribution in [3.05, 3.63) is 24.0 Å². The molecule has 2 heterocycles. The zero-order chi connectivity index (χ0) is 12.1. The molecule has 0 aliphatic carbocycles. The van der Waals surface area contributed by atoms with Crippen molar-refractivity contribution in [3.8, 4) is 11.5 Å². The van der Waals surface area contributed by atoms with Gasteiger partial charge in [-0.25, -0.2) is 9.97 Å². The van der Waals surface area contributed by atoms with Gasteiger partial charge in [-0.3, -0.25) is 0 Å². The molecule has 0 aliphatic rings. The molecule has 0 aliphatic heterocycles. The maximum atomic E-state index is 5.42. The van der Waals surface area contributed by atoms with E-state index in [9.17, 15) is 0 Å². The van der Waals surface area contributed by atoms with Gasteiger partial charge in [-0.05, 0) is 32.4 Å². The summed E-state index contributed by atoms with van der Waals surface area (Å²) in [5.74, 6) is 1.83. The van der Waals surface area contributed by atoms with Crippen LogP contribution >= 0.6 is 0 Å². The minimum absolute atomic E-state index is 0.512. The minimum Gasteiger partial charge on any atom is -0.339 e. The van der Waals surface area contributed by atoms with Crippen molar-refractivity contribution in [2.24, 2.45) is 5.73 Å². The molecule has 0 saturated heterocycles. The standard InChI is InChI=1S/C11H15N5O/c1-8-13-7-5-9(14-8)11-15-10(17-16-11)4-2-3-6-12/h5,7H,2-4,6,12H2,1H3. The second kappa shape index (κ2) is 5.49. The Morgan fingerprint density at radius 2 is 2.18 bits per heavy atom. The number of aryl methyl sites for hydroxylation is 2. The first-order valence-corrected chi connectivity index (χ1v) is 5.62. The van der Waals surface area contributed by atoms with Gasteiger partial charge in [-0.15, -0.1) is 0 Å². The summed E-state index contributed by atoms with van der Waals surface area (Å²) in [7, 11) is 0. The van der Waals surface area contributed by atoms with E-state index >= 15 is 0 Å². The average Bonchev–Trinajstić information content (AvgIpc) is 2.78. The van der Waals surface area contributed by atoms with Gasteiger partial charge in [0.2, 0.25) is 11.7 Å². The van der Waals surface area contributed by atoms with Gasteiger partial charge in [0, 0.05) is 12.6 Å². The van der Waals surface area contributed by atoms with Gasteiger partial charge in [0.25, 0.3) is 0 Å². The van der Waals surface area contributed by atoms with E-state index in [1.165, 1.54) is 0 Å². The van der Waals surface area contributed by atoms with Crippen LogP contribution in [0, 0.1) is 6.92 Å². The smallest absolute Gasteiger partial charge is 0.227 e. The third-order valence-electron chi connectivity index (χ3n) is 2.32. The number of nitrogens with two attached hydrogens (primary N) is 1. The maximum Gasteiger partial charge on any atom is 0.227 e. The van der Waals surface area contributed by atoms with E-state index in [0.717, 1.165) is 19.3 Å². The van der Waals surface area contributed by atoms with E-state index in [1.807, 2.05) is 6.92 Å². The van der Waals surface area contributed by atoms with Crippen LogP contribution in [0.3, 0.4) is 0 Å². The molecule has 0 fully saturated rings. The summed E-state index contributed by atoms with van der Waals surface area (Å²) in [6.07, 6.45) is 4.36. The van der Waals surface area contributed by atoms with Gasteiger partial charge >= 0.3 is 0 Å². The summed E-state index contributed by atoms with van der Waals surface area (Å²) >= 11 is 0. The van der Waals surface area contributed by atoms with Crippen LogP contribution in [0.1, 0.15) is 24.6 Å². The first-order chi connectivity index (χ1) is 8.29. The number of aromatic nitrogens is 4. The molecule has 0 atom stereocenters. The molecule has 0 bridgehead atoms. The summed E-state index contributed by atoms with van der Waals surface area (Å²) in [6.45, 7) is 2.51. The number of unbranched alkanes of at least 4 members (excludes halogenated alkanes) is 1. The molecule has 0 unspecified atom stereocenters. The molecular weight excluding hydrogens is 218 g/mol. The van der Waals surface area contributed by atoms with Crippen LogP contribution in [0.2, 0.25) is 0 Å². The maximum absolute atomic E-state index is 5.42. The molecule has 17 heavy (non-hydrogen) atoms. The fraction of sp³-hybridized carbons (Fsp3) is 0.455. The molecule has 6 nitrogen and oxygen atoms in total. The van der Waals surface area contributed by atoms with Crippen LogP contribution < -0.4 is 5.73 Å². The van der Waals surface area contributed by atoms with Gasteiger partial charge < -0.3 is 10.3 Å². The van der Waals surface area contributed by atoms with Crippen LogP contribution in [0.15, 0.2) is 16.8 Å². The highest BCUT2D eigenvalue weighted by Crippen LogP contribution is 2.13. The highest BCUT2D eigenvalue weighted by molar-refractivity contribution is 5.46. The molecule has 2 rings (SSSR count). The van der Waals surface area contributed by atoms with Crippen LogP contribution in [0.5, 0.6) is 0 Å². The summed E-state index contributed by atoms with van der Waals surface area (Å²) in [5.41, 5.74) is 6.11. The van der Waals surface area contributed by atoms with Crippen molar-refractivity contribution in [2.75, 3.05) is 6.54 Å². The average molecular weight is 233 g/mol. The lowest BCUT2D eigenvalue weighted by Crippen LogP contribution is -1.99. The van der Waals surface area contributed by atoms with Gasteiger partial charge in [-0.1, -0.05) is 5.16 Å². The SMILES string of the molecule is Cc1nccc(-c2noc(CCCCN)n2)n1. The second-order valence-electron chi connectivity index (χ2n) is 3.75. The quantitative estimate of drug-likeness (QED) is 0.778. The molecule has 6 heteroatoms. The van der Waals surface area contributed by atoms with Crippen LogP contribution in [-0.2, 0) is 6.42 Å². The van der Waals surface area contributed by atoms with E-state index in [-0.39, 0.29) is 0 Å². The molecule has 90 valence electrons. The van der Waals surface area contributed by atoms with Gasteiger partial charge in [0.1, 0.15) is 11.5 Å². The fourth-order valence-electron chi connectivity index (χ4n) is 1.46. The van der Waals surface area contributed by atoms with Gasteiger partial charge in [0.15, 0.2) is 0 Å². The Hall–Kier alpha value is -1.82. The Bertz CT molecular complexity index is 482. The lowest BCUT2D eigenvalue weighted by Gasteiger charge is -1.94. The van der Waals surface area contributed by atoms with Crippen molar-refractivity contribution in [1.82, 2.24) is 20.1 Å². The highest BCUT2D eigenvalue weighted by Gasteiger charge is 2.09. The largest absolute Gasteiger partial charge is 0.339 e. The van der Waals surface area contributed by atoms with Crippen LogP contribution in [0.25, 0.3) is 11.5 Å². The second-order valence-corrected chi connectivity index (χ2v) is 3.75. The summed E-state index contributed by atoms with van der Waals surface area (Å²) in [4.78, 5) is 12.5. The number of hydrogen-bond donors (Lipinski definition) is 1. The predicted molar refractivity (Wildman–Crippen MR) is 62.1 cm³/mol. The zero-order valence-corrected chi connectivity index (χ0v) is 9.76. The Morgan fingerprint density at radius 3 is 2.94 bits per heavy atom. The Balaban J connectivity index is 2.07. The van der Waals surface area contributed by atoms with Gasteiger partial charge in [-0.2, -0.15) is 4.98 Å². The lowest BCUT2D eigenvalue weighted by atomic mass is 10.2. The topological polar surface area (TPSA) is 90.7 Å². The van der Waals surface area contributed by atoms with E-state index in [4.69, 9.17) is 10.3 Å². The summed E-state index contributed by atoms with van der Waals surface area (Å²) in [6, 6.07) is 1.77. The van der Waals surface area contributed by atoms with Crippen molar-refractivity contribution in [2.45, 2.75) is 26.2 Å². The van der Waals surface area contributed by atoms with E-state index in [0.29, 0.717) is 29.8 Å². The van der Waals surface area contributed by atoms with Gasteiger partial charge in [0.05, 0.1) is 0 Å². The molecule has 2 aromatic rings. The zero-order valence-electron chi connectivity index (χ0n) is 9.76. The molecule has 0 radical (unpaired) electrons. The van der Waals surface area contributed by atoms with Crippen molar-refractivity contribution >= 4 is 0 Å². The first-order valence-electron chi connectivity index (χ1n) is 5.62. The number of hydrogen-bond acceptors (Lipinski definition) is 6. The Kier molecular flexibility index (Phi) is 3.77. The van der Waals surface area contributed by atoms with E-state index < -0.39 is 0 Å². The van der Waals surface area contributed by atoms with Crippen molar-refractivity contribution in [3.63, 3.8) is 0 Å². The minimum atomic E-state index is 0.512. The summed E-state index contributed by atoms with van der Waals surface area (Å²) < 4.78 is 5.14. The number of rotatable bonds is 5. The van der Waals surface area contributed by atoms with E-state index in [1.54, 1.807) is 12.3 Å². The molecule has 0 spiro atoms. The van der Waals surface area contributed by atoms with Crippen LogP contribution in [-0.4, -0.2) is 26.7 Å². The number of nitrogens with zero attached hydrogens (tertiary/aromatic N) is 4. The van der Waals surface area contributed by atoms with Crippen molar-refractivity contribution < 1.29 is 4.52 Å². The molecular formula is C11H15N5O. The molecule has 2 aromatic heterocycles. The Labute approximate surface area is 99.3 Å². The van der Waals surface area contributed by atoms with Crippen LogP contribution in [0.4, 0.5) is 0 Å². The molecule has 0 amide bonds. The molecule has 0 saturated carbocycles. The molecule has 0 aromatic carbocycles. The highest BCUT2D eigenvalue weighted by atomic mass is 16.5. The fourth-order valence-corrected chi connectivity index (χ4v) is 1.46.